The third-order valence-corrected chi connectivity index (χ3v) is 4.49. The molecule has 1 aromatic rings. The van der Waals surface area contributed by atoms with Gasteiger partial charge in [0.25, 0.3) is 0 Å². The lowest BCUT2D eigenvalue weighted by Gasteiger charge is -2.23. The molecule has 0 spiro atoms. The van der Waals surface area contributed by atoms with Crippen molar-refractivity contribution in [1.82, 2.24) is 20.2 Å². The molecule has 1 aromatic heterocycles. The monoisotopic (exact) mass is 363 g/mol. The van der Waals surface area contributed by atoms with Crippen LogP contribution in [0.25, 0.3) is 0 Å². The van der Waals surface area contributed by atoms with Gasteiger partial charge >= 0.3 is 0 Å². The normalized spacial score (nSPS) is 23.8. The summed E-state index contributed by atoms with van der Waals surface area (Å²) in [5, 5.41) is 13.7. The maximum Gasteiger partial charge on any atom is 0.135 e. The summed E-state index contributed by atoms with van der Waals surface area (Å²) in [5.41, 5.74) is 2.43. The molecule has 0 aromatic carbocycles. The molecule has 132 valence electrons. The van der Waals surface area contributed by atoms with Crippen molar-refractivity contribution in [2.45, 2.75) is 31.9 Å². The molecule has 0 saturated carbocycles. The topological polar surface area (TPSA) is 64.5 Å². The molecule has 0 bridgehead atoms. The van der Waals surface area contributed by atoms with E-state index in [4.69, 9.17) is 4.98 Å². The van der Waals surface area contributed by atoms with Crippen LogP contribution in [-0.4, -0.2) is 72.4 Å². The van der Waals surface area contributed by atoms with Gasteiger partial charge in [0.15, 0.2) is 0 Å². The molecule has 3 rings (SSSR count). The number of aliphatic hydroxyl groups is 1. The highest BCUT2D eigenvalue weighted by Crippen LogP contribution is 2.27. The highest BCUT2D eigenvalue weighted by molar-refractivity contribution is 5.85. The van der Waals surface area contributed by atoms with Crippen LogP contribution in [0.15, 0.2) is 0 Å². The van der Waals surface area contributed by atoms with Gasteiger partial charge < -0.3 is 20.2 Å². The fourth-order valence-electron chi connectivity index (χ4n) is 3.36. The summed E-state index contributed by atoms with van der Waals surface area (Å²) in [6.07, 6.45) is 1.60. The molecule has 1 fully saturated rings. The molecule has 0 unspecified atom stereocenters. The zero-order valence-electron chi connectivity index (χ0n) is 13.9. The second-order valence-corrected chi connectivity index (χ2v) is 6.27. The van der Waals surface area contributed by atoms with Crippen molar-refractivity contribution >= 4 is 30.6 Å². The van der Waals surface area contributed by atoms with Gasteiger partial charge in [0, 0.05) is 31.6 Å². The van der Waals surface area contributed by atoms with Gasteiger partial charge in [-0.3, -0.25) is 0 Å². The first-order valence-electron chi connectivity index (χ1n) is 7.73. The van der Waals surface area contributed by atoms with Gasteiger partial charge in [-0.05, 0) is 34.0 Å². The zero-order valence-corrected chi connectivity index (χ0v) is 15.6. The number of aromatic nitrogens is 2. The molecule has 6 nitrogen and oxygen atoms in total. The number of halogens is 2. The maximum atomic E-state index is 10.3. The summed E-state index contributed by atoms with van der Waals surface area (Å²) in [6.45, 7) is 5.38. The predicted octanol–water partition coefficient (Wildman–Crippen LogP) is 0.428. The second kappa shape index (κ2) is 8.44. The number of β-amino-alcohol motifs (C(OH)–C–C–N with tert-alkyl or cyclic N) is 1. The Morgan fingerprint density at radius 1 is 1.13 bits per heavy atom. The minimum absolute atomic E-state index is 0. The summed E-state index contributed by atoms with van der Waals surface area (Å²) in [7, 11) is 4.04. The molecule has 0 amide bonds. The molecule has 2 atom stereocenters. The first-order valence-corrected chi connectivity index (χ1v) is 7.73. The van der Waals surface area contributed by atoms with Crippen LogP contribution in [0.1, 0.15) is 17.1 Å². The van der Waals surface area contributed by atoms with E-state index in [-0.39, 0.29) is 37.0 Å². The van der Waals surface area contributed by atoms with E-state index < -0.39 is 0 Å². The number of anilines is 1. The van der Waals surface area contributed by atoms with Crippen molar-refractivity contribution in [1.29, 1.82) is 0 Å². The van der Waals surface area contributed by atoms with E-state index in [1.165, 1.54) is 11.3 Å². The lowest BCUT2D eigenvalue weighted by atomic mass is 10.1. The van der Waals surface area contributed by atoms with Crippen LogP contribution < -0.4 is 10.2 Å². The lowest BCUT2D eigenvalue weighted by Crippen LogP contribution is -2.38. The van der Waals surface area contributed by atoms with Gasteiger partial charge in [0.2, 0.25) is 0 Å². The first-order chi connectivity index (χ1) is 10.1. The molecular formula is C15H27Cl2N5O. The van der Waals surface area contributed by atoms with Crippen LogP contribution >= 0.6 is 24.8 Å². The number of rotatable bonds is 2. The average Bonchev–Trinajstić information content (AvgIpc) is 2.66. The molecule has 2 aliphatic rings. The van der Waals surface area contributed by atoms with Gasteiger partial charge in [-0.15, -0.1) is 24.8 Å². The van der Waals surface area contributed by atoms with Crippen LogP contribution in [0, 0.1) is 6.92 Å². The van der Waals surface area contributed by atoms with Crippen molar-refractivity contribution in [3.63, 3.8) is 0 Å². The van der Waals surface area contributed by atoms with Gasteiger partial charge in [-0.1, -0.05) is 0 Å². The van der Waals surface area contributed by atoms with Gasteiger partial charge in [-0.2, -0.15) is 0 Å². The lowest BCUT2D eigenvalue weighted by molar-refractivity contribution is 0.114. The third kappa shape index (κ3) is 4.25. The number of fused-ring (bicyclic) bond motifs is 1. The Hall–Kier alpha value is -0.660. The summed E-state index contributed by atoms with van der Waals surface area (Å²) in [4.78, 5) is 13.7. The van der Waals surface area contributed by atoms with Crippen LogP contribution in [0.3, 0.4) is 0 Å². The van der Waals surface area contributed by atoms with E-state index >= 15 is 0 Å². The van der Waals surface area contributed by atoms with Crippen LogP contribution in [0.5, 0.6) is 0 Å². The molecule has 0 radical (unpaired) electrons. The van der Waals surface area contributed by atoms with E-state index in [0.29, 0.717) is 6.54 Å². The van der Waals surface area contributed by atoms with Gasteiger partial charge in [0.1, 0.15) is 11.6 Å². The predicted molar refractivity (Wildman–Crippen MR) is 97.2 cm³/mol. The van der Waals surface area contributed by atoms with E-state index in [1.54, 1.807) is 0 Å². The van der Waals surface area contributed by atoms with E-state index in [1.807, 2.05) is 21.0 Å². The van der Waals surface area contributed by atoms with Crippen LogP contribution in [0.2, 0.25) is 0 Å². The molecular weight excluding hydrogens is 337 g/mol. The van der Waals surface area contributed by atoms with Crippen molar-refractivity contribution < 1.29 is 5.11 Å². The van der Waals surface area contributed by atoms with Crippen molar-refractivity contribution in [2.24, 2.45) is 0 Å². The van der Waals surface area contributed by atoms with E-state index in [0.717, 1.165) is 44.1 Å². The minimum Gasteiger partial charge on any atom is -0.390 e. The fraction of sp³-hybridized carbons (Fsp3) is 0.733. The number of nitrogens with one attached hydrogen (secondary N) is 1. The maximum absolute atomic E-state index is 10.3. The summed E-state index contributed by atoms with van der Waals surface area (Å²) in [5.74, 6) is 1.86. The molecule has 2 N–H and O–H groups in total. The molecule has 23 heavy (non-hydrogen) atoms. The standard InChI is InChI=1S/C15H25N5O.2ClH/c1-10-17-12-5-7-16-6-4-11(12)15(18-10)20-8-13(19(2)3)14(21)9-20;;/h13-14,16,21H,4-9H2,1-3H3;2*1H/t13-,14-;;/m0../s1. The Bertz CT molecular complexity index is 529. The number of aryl methyl sites for hydroxylation is 1. The number of nitrogens with zero attached hydrogens (tertiary/aromatic N) is 4. The van der Waals surface area contributed by atoms with Crippen molar-refractivity contribution in [2.75, 3.05) is 45.2 Å². The molecule has 0 aliphatic carbocycles. The molecule has 1 saturated heterocycles. The number of hydrogen-bond donors (Lipinski definition) is 2. The molecule has 3 heterocycles. The van der Waals surface area contributed by atoms with Crippen LogP contribution in [-0.2, 0) is 12.8 Å². The van der Waals surface area contributed by atoms with E-state index in [2.05, 4.69) is 20.1 Å². The number of hydrogen-bond acceptors (Lipinski definition) is 6. The summed E-state index contributed by atoms with van der Waals surface area (Å²) >= 11 is 0. The Balaban J connectivity index is 0.00000132. The Kier molecular flexibility index (Phi) is 7.48. The number of likely N-dealkylation sites (N-methyl/N-ethyl adjacent to an activating group) is 1. The summed E-state index contributed by atoms with van der Waals surface area (Å²) < 4.78 is 0. The van der Waals surface area contributed by atoms with Gasteiger partial charge in [-0.25, -0.2) is 9.97 Å². The molecule has 2 aliphatic heterocycles. The quantitative estimate of drug-likeness (QED) is 0.794. The minimum atomic E-state index is -0.324. The highest BCUT2D eigenvalue weighted by atomic mass is 35.5. The van der Waals surface area contributed by atoms with Crippen LogP contribution in [0.4, 0.5) is 5.82 Å². The Morgan fingerprint density at radius 2 is 1.83 bits per heavy atom. The second-order valence-electron chi connectivity index (χ2n) is 6.27. The van der Waals surface area contributed by atoms with Gasteiger partial charge in [0.05, 0.1) is 17.8 Å². The highest BCUT2D eigenvalue weighted by Gasteiger charge is 2.35. The Labute approximate surface area is 150 Å². The molecule has 8 heteroatoms. The fourth-order valence-corrected chi connectivity index (χ4v) is 3.36. The number of aliphatic hydroxyl groups excluding tert-OH is 1. The zero-order chi connectivity index (χ0) is 15.0. The largest absolute Gasteiger partial charge is 0.390 e. The Morgan fingerprint density at radius 3 is 2.48 bits per heavy atom. The van der Waals surface area contributed by atoms with Crippen molar-refractivity contribution in [3.8, 4) is 0 Å². The summed E-state index contributed by atoms with van der Waals surface area (Å²) in [6, 6.07) is 0.167. The van der Waals surface area contributed by atoms with E-state index in [9.17, 15) is 5.11 Å². The first kappa shape index (κ1) is 20.4. The SMILES string of the molecule is Cc1nc2c(c(N3C[C@H](O)[C@@H](N(C)C)C3)n1)CCNCC2.Cl.Cl. The third-order valence-electron chi connectivity index (χ3n) is 4.49. The smallest absolute Gasteiger partial charge is 0.135 e. The average molecular weight is 364 g/mol. The van der Waals surface area contributed by atoms with Crippen molar-refractivity contribution in [3.05, 3.63) is 17.1 Å².